The molecule has 0 spiro atoms. The van der Waals surface area contributed by atoms with E-state index in [1.807, 2.05) is 15.2 Å². The first-order valence-electron chi connectivity index (χ1n) is 15.5. The molecule has 0 atom stereocenters. The molecule has 0 saturated heterocycles. The second-order valence-electron chi connectivity index (χ2n) is 11.8. The molecular formula is C35H30Br2N6O3S2. The van der Waals surface area contributed by atoms with Crippen molar-refractivity contribution in [1.29, 1.82) is 0 Å². The Bertz CT molecular complexity index is 2020. The van der Waals surface area contributed by atoms with Gasteiger partial charge in [0.1, 0.15) is 5.78 Å². The van der Waals surface area contributed by atoms with Gasteiger partial charge >= 0.3 is 5.97 Å². The van der Waals surface area contributed by atoms with E-state index in [9.17, 15) is 9.59 Å². The van der Waals surface area contributed by atoms with Gasteiger partial charge in [-0.1, -0.05) is 84.2 Å². The number of carbonyl (C=O) groups excluding carboxylic acids is 1. The van der Waals surface area contributed by atoms with Crippen LogP contribution in [0.5, 0.6) is 0 Å². The Morgan fingerprint density at radius 1 is 0.667 bits per heavy atom. The van der Waals surface area contributed by atoms with Crippen molar-refractivity contribution in [3.8, 4) is 11.4 Å². The lowest BCUT2D eigenvalue weighted by Gasteiger charge is -2.13. The maximum Gasteiger partial charge on any atom is 0.313 e. The smallest absolute Gasteiger partial charge is 0.313 e. The molecule has 0 radical (unpaired) electrons. The first-order chi connectivity index (χ1) is 23.3. The molecule has 2 saturated carbocycles. The number of thioether (sulfide) groups is 2. The van der Waals surface area contributed by atoms with Gasteiger partial charge in [0.05, 0.1) is 22.9 Å². The number of aromatic nitrogens is 6. The van der Waals surface area contributed by atoms with Crippen molar-refractivity contribution >= 4 is 88.7 Å². The lowest BCUT2D eigenvalue weighted by Crippen LogP contribution is -2.03. The minimum absolute atomic E-state index is 0.0524. The van der Waals surface area contributed by atoms with Crippen LogP contribution in [0.15, 0.2) is 92.6 Å². The van der Waals surface area contributed by atoms with Crippen molar-refractivity contribution in [1.82, 2.24) is 29.5 Å². The number of carbonyl (C=O) groups is 2. The molecule has 4 aromatic carbocycles. The van der Waals surface area contributed by atoms with Crippen LogP contribution in [0.3, 0.4) is 0 Å². The number of rotatable bonds is 10. The summed E-state index contributed by atoms with van der Waals surface area (Å²) < 4.78 is 5.07. The van der Waals surface area contributed by atoms with Crippen molar-refractivity contribution < 1.29 is 14.7 Å². The quantitative estimate of drug-likeness (QED) is 0.136. The largest absolute Gasteiger partial charge is 0.481 e. The molecule has 2 aromatic heterocycles. The monoisotopic (exact) mass is 804 g/mol. The first-order valence-corrected chi connectivity index (χ1v) is 19.1. The summed E-state index contributed by atoms with van der Waals surface area (Å²) in [6.45, 7) is 1.59. The minimum Gasteiger partial charge on any atom is -0.481 e. The Morgan fingerprint density at radius 2 is 1.08 bits per heavy atom. The predicted molar refractivity (Wildman–Crippen MR) is 197 cm³/mol. The summed E-state index contributed by atoms with van der Waals surface area (Å²) in [5.74, 6) is 0.945. The van der Waals surface area contributed by atoms with Gasteiger partial charge in [0.2, 0.25) is 9.47 Å². The standard InChI is InChI=1S/C18H16BrN3OS.C17H14BrN3O2S/c1-11(23)10-24-18-21-20-17(19)22(18)16-9-8-13(12-6-7-12)14-4-2-3-5-15(14)16;18-16-19-20-17(24-9-15(22)23)21(16)14-8-7-11(10-5-6-10)12-3-1-2-4-13(12)14/h2-5,8-9,12H,6-7,10H2,1H3;1-4,7-8,10H,5-6,9H2,(H,22,23). The summed E-state index contributed by atoms with van der Waals surface area (Å²) >= 11 is 9.51. The number of aliphatic carboxylic acids is 1. The number of carboxylic acid groups (broad SMARTS) is 1. The molecule has 0 amide bonds. The van der Waals surface area contributed by atoms with Gasteiger partial charge in [-0.15, -0.1) is 20.4 Å². The number of hydrogen-bond donors (Lipinski definition) is 1. The first kappa shape index (κ1) is 33.0. The van der Waals surface area contributed by atoms with E-state index < -0.39 is 5.97 Å². The van der Waals surface area contributed by atoms with E-state index in [4.69, 9.17) is 5.11 Å². The Morgan fingerprint density at radius 3 is 1.48 bits per heavy atom. The molecular weight excluding hydrogens is 776 g/mol. The second-order valence-corrected chi connectivity index (χ2v) is 15.1. The molecule has 48 heavy (non-hydrogen) atoms. The summed E-state index contributed by atoms with van der Waals surface area (Å²) in [6, 6.07) is 25.4. The Balaban J connectivity index is 0.000000152. The van der Waals surface area contributed by atoms with Gasteiger partial charge in [-0.3, -0.25) is 18.7 Å². The van der Waals surface area contributed by atoms with Crippen molar-refractivity contribution in [2.24, 2.45) is 0 Å². The SMILES string of the molecule is CC(=O)CSc1nnc(Br)n1-c1ccc(C2CC2)c2ccccc12.O=C(O)CSc1nnc(Br)n1-c1ccc(C2CC2)c2ccccc12. The van der Waals surface area contributed by atoms with Crippen molar-refractivity contribution in [3.05, 3.63) is 93.4 Å². The lowest BCUT2D eigenvalue weighted by molar-refractivity contribution is -0.133. The van der Waals surface area contributed by atoms with Crippen LogP contribution in [0.4, 0.5) is 0 Å². The fourth-order valence-corrected chi connectivity index (χ4v) is 8.41. The highest BCUT2D eigenvalue weighted by Gasteiger charge is 2.27. The van der Waals surface area contributed by atoms with E-state index in [1.54, 1.807) is 6.92 Å². The van der Waals surface area contributed by atoms with Crippen LogP contribution < -0.4 is 0 Å². The summed E-state index contributed by atoms with van der Waals surface area (Å²) in [5, 5.41) is 31.6. The molecule has 2 heterocycles. The summed E-state index contributed by atoms with van der Waals surface area (Å²) in [6.07, 6.45) is 5.05. The van der Waals surface area contributed by atoms with E-state index in [1.165, 1.54) is 64.7 Å². The number of benzene rings is 4. The third-order valence-corrected chi connectivity index (χ3v) is 11.3. The summed E-state index contributed by atoms with van der Waals surface area (Å²) in [5.41, 5.74) is 4.81. The zero-order valence-corrected chi connectivity index (χ0v) is 30.6. The highest BCUT2D eigenvalue weighted by atomic mass is 79.9. The molecule has 2 aliphatic rings. The third kappa shape index (κ3) is 6.96. The third-order valence-electron chi connectivity index (χ3n) is 8.30. The molecule has 0 aliphatic heterocycles. The molecule has 1 N–H and O–H groups in total. The number of hydrogen-bond acceptors (Lipinski definition) is 8. The van der Waals surface area contributed by atoms with E-state index in [0.29, 0.717) is 32.2 Å². The molecule has 0 bridgehead atoms. The molecule has 9 nitrogen and oxygen atoms in total. The zero-order chi connectivity index (χ0) is 33.4. The van der Waals surface area contributed by atoms with Gasteiger partial charge in [0, 0.05) is 10.8 Å². The zero-order valence-electron chi connectivity index (χ0n) is 25.8. The van der Waals surface area contributed by atoms with E-state index in [2.05, 4.69) is 119 Å². The maximum atomic E-state index is 11.3. The molecule has 2 aliphatic carbocycles. The summed E-state index contributed by atoms with van der Waals surface area (Å²) in [7, 11) is 0. The Labute approximate surface area is 302 Å². The maximum absolute atomic E-state index is 11.3. The van der Waals surface area contributed by atoms with Crippen LogP contribution >= 0.6 is 55.4 Å². The van der Waals surface area contributed by atoms with Gasteiger partial charge in [0.15, 0.2) is 10.3 Å². The molecule has 0 unspecified atom stereocenters. The number of halogens is 2. The number of Topliss-reactive ketones (excluding diaryl/α,β-unsaturated/α-hetero) is 1. The van der Waals surface area contributed by atoms with Crippen molar-refractivity contribution in [2.45, 2.75) is 54.8 Å². The Hall–Kier alpha value is -3.52. The number of nitrogens with zero attached hydrogens (tertiary/aromatic N) is 6. The number of fused-ring (bicyclic) bond motifs is 2. The number of carboxylic acids is 1. The average Bonchev–Trinajstić information content (AvgIpc) is 4.03. The normalized spacial score (nSPS) is 14.2. The van der Waals surface area contributed by atoms with Crippen LogP contribution in [0, 0.1) is 0 Å². The van der Waals surface area contributed by atoms with E-state index in [-0.39, 0.29) is 11.5 Å². The van der Waals surface area contributed by atoms with Gasteiger partial charge in [-0.25, -0.2) is 0 Å². The van der Waals surface area contributed by atoms with Crippen LogP contribution in [-0.2, 0) is 9.59 Å². The predicted octanol–water partition coefficient (Wildman–Crippen LogP) is 8.98. The van der Waals surface area contributed by atoms with E-state index >= 15 is 0 Å². The van der Waals surface area contributed by atoms with Crippen molar-refractivity contribution in [3.63, 3.8) is 0 Å². The highest BCUT2D eigenvalue weighted by molar-refractivity contribution is 9.10. The minimum atomic E-state index is -0.875. The number of ketones is 1. The van der Waals surface area contributed by atoms with Gasteiger partial charge in [-0.05, 0) is 110 Å². The fourth-order valence-electron chi connectivity index (χ4n) is 5.89. The Kier molecular flexibility index (Phi) is 9.72. The van der Waals surface area contributed by atoms with Gasteiger partial charge in [-0.2, -0.15) is 0 Å². The van der Waals surface area contributed by atoms with Crippen LogP contribution in [0.25, 0.3) is 32.9 Å². The van der Waals surface area contributed by atoms with Crippen LogP contribution in [-0.4, -0.2) is 57.9 Å². The second kappa shape index (κ2) is 14.1. The lowest BCUT2D eigenvalue weighted by atomic mass is 9.99. The molecule has 6 aromatic rings. The molecule has 2 fully saturated rings. The molecule has 13 heteroatoms. The van der Waals surface area contributed by atoms with E-state index in [0.717, 1.165) is 33.7 Å². The highest BCUT2D eigenvalue weighted by Crippen LogP contribution is 2.45. The van der Waals surface area contributed by atoms with Gasteiger partial charge in [0.25, 0.3) is 0 Å². The molecule has 8 rings (SSSR count). The van der Waals surface area contributed by atoms with Crippen LogP contribution in [0.2, 0.25) is 0 Å². The molecule has 244 valence electrons. The van der Waals surface area contributed by atoms with Gasteiger partial charge < -0.3 is 5.11 Å². The summed E-state index contributed by atoms with van der Waals surface area (Å²) in [4.78, 5) is 22.2. The topological polar surface area (TPSA) is 116 Å². The average molecular weight is 807 g/mol. The fraction of sp³-hybridized carbons (Fsp3) is 0.257. The van der Waals surface area contributed by atoms with Crippen LogP contribution in [0.1, 0.15) is 55.6 Å². The van der Waals surface area contributed by atoms with Crippen molar-refractivity contribution in [2.75, 3.05) is 11.5 Å².